The Labute approximate surface area is 212 Å². The summed E-state index contributed by atoms with van der Waals surface area (Å²) in [5.74, 6) is 0.398. The molecule has 1 fully saturated rings. The summed E-state index contributed by atoms with van der Waals surface area (Å²) >= 11 is 1.70. The van der Waals surface area contributed by atoms with Gasteiger partial charge in [0.25, 0.3) is 5.91 Å². The van der Waals surface area contributed by atoms with Crippen LogP contribution < -0.4 is 20.6 Å². The van der Waals surface area contributed by atoms with Crippen molar-refractivity contribution in [1.29, 1.82) is 0 Å². The first kappa shape index (κ1) is 25.0. The smallest absolute Gasteiger partial charge is 0.349 e. The van der Waals surface area contributed by atoms with Gasteiger partial charge in [0.15, 0.2) is 5.13 Å². The summed E-state index contributed by atoms with van der Waals surface area (Å²) in [6.45, 7) is 6.75. The van der Waals surface area contributed by atoms with E-state index in [-0.39, 0.29) is 18.0 Å². The lowest BCUT2D eigenvalue weighted by Gasteiger charge is -2.34. The molecule has 1 N–H and O–H groups in total. The highest BCUT2D eigenvalue weighted by molar-refractivity contribution is 7.22. The van der Waals surface area contributed by atoms with Gasteiger partial charge in [-0.25, -0.2) is 9.78 Å². The predicted molar refractivity (Wildman–Crippen MR) is 142 cm³/mol. The summed E-state index contributed by atoms with van der Waals surface area (Å²) in [4.78, 5) is 34.2. The lowest BCUT2D eigenvalue weighted by Crippen LogP contribution is -2.48. The number of hydrogen-bond acceptors (Lipinski definition) is 8. The Morgan fingerprint density at radius 2 is 1.94 bits per heavy atom. The number of hydrogen-bond donors (Lipinski definition) is 1. The fourth-order valence-electron chi connectivity index (χ4n) is 4.20. The van der Waals surface area contributed by atoms with Crippen molar-refractivity contribution >= 4 is 56.0 Å². The number of benzene rings is 2. The normalized spacial score (nSPS) is 14.2. The van der Waals surface area contributed by atoms with Crippen LogP contribution in [0.5, 0.6) is 5.75 Å². The highest BCUT2D eigenvalue weighted by Crippen LogP contribution is 2.36. The van der Waals surface area contributed by atoms with Gasteiger partial charge in [-0.1, -0.05) is 35.6 Å². The van der Waals surface area contributed by atoms with Crippen LogP contribution in [0, 0.1) is 6.92 Å². The zero-order valence-electron chi connectivity index (χ0n) is 19.6. The molecule has 0 spiro atoms. The van der Waals surface area contributed by atoms with Gasteiger partial charge < -0.3 is 19.4 Å². The monoisotopic (exact) mass is 514 g/mol. The second-order valence-corrected chi connectivity index (χ2v) is 9.31. The third-order valence-corrected chi connectivity index (χ3v) is 7.41. The molecule has 1 aliphatic rings. The fourth-order valence-corrected chi connectivity index (χ4v) is 5.31. The summed E-state index contributed by atoms with van der Waals surface area (Å²) in [6, 6.07) is 12.8. The van der Waals surface area contributed by atoms with Crippen molar-refractivity contribution in [2.75, 3.05) is 51.3 Å². The van der Waals surface area contributed by atoms with Gasteiger partial charge in [-0.05, 0) is 30.7 Å². The number of ether oxygens (including phenoxy) is 1. The van der Waals surface area contributed by atoms with Crippen LogP contribution in [0.25, 0.3) is 21.2 Å². The van der Waals surface area contributed by atoms with Gasteiger partial charge in [0.2, 0.25) is 0 Å². The number of fused-ring (bicyclic) bond motifs is 2. The Bertz CT molecular complexity index is 1410. The van der Waals surface area contributed by atoms with Crippen molar-refractivity contribution in [3.63, 3.8) is 0 Å². The topological polar surface area (TPSA) is 87.9 Å². The molecule has 2 aromatic heterocycles. The molecular formula is C25H27ClN4O4S. The number of thiazole rings is 1. The summed E-state index contributed by atoms with van der Waals surface area (Å²) in [6.07, 6.45) is 0. The van der Waals surface area contributed by atoms with E-state index in [2.05, 4.69) is 28.1 Å². The van der Waals surface area contributed by atoms with Gasteiger partial charge in [-0.15, -0.1) is 12.4 Å². The van der Waals surface area contributed by atoms with Crippen LogP contribution in [0.2, 0.25) is 0 Å². The third-order valence-electron chi connectivity index (χ3n) is 6.15. The van der Waals surface area contributed by atoms with Crippen LogP contribution >= 0.6 is 23.7 Å². The van der Waals surface area contributed by atoms with E-state index in [0.717, 1.165) is 52.7 Å². The maximum Gasteiger partial charge on any atom is 0.349 e. The van der Waals surface area contributed by atoms with Gasteiger partial charge >= 0.3 is 5.63 Å². The molecule has 1 amide bonds. The van der Waals surface area contributed by atoms with Crippen molar-refractivity contribution < 1.29 is 13.9 Å². The predicted octanol–water partition coefficient (Wildman–Crippen LogP) is 3.69. The Morgan fingerprint density at radius 1 is 1.17 bits per heavy atom. The Balaban J connectivity index is 0.00000289. The van der Waals surface area contributed by atoms with E-state index in [1.54, 1.807) is 36.6 Å². The van der Waals surface area contributed by atoms with E-state index in [1.807, 2.05) is 18.2 Å². The zero-order chi connectivity index (χ0) is 23.7. The summed E-state index contributed by atoms with van der Waals surface area (Å²) < 4.78 is 11.9. The summed E-state index contributed by atoms with van der Waals surface area (Å²) in [5.41, 5.74) is 2.02. The second-order valence-electron chi connectivity index (χ2n) is 8.33. The zero-order valence-corrected chi connectivity index (χ0v) is 21.2. The van der Waals surface area contributed by atoms with Crippen LogP contribution in [-0.4, -0.2) is 62.2 Å². The summed E-state index contributed by atoms with van der Waals surface area (Å²) in [5, 5.41) is 4.59. The number of aryl methyl sites for hydroxylation is 1. The van der Waals surface area contributed by atoms with Crippen LogP contribution in [0.15, 0.2) is 51.7 Å². The number of rotatable bonds is 6. The molecular weight excluding hydrogens is 488 g/mol. The third kappa shape index (κ3) is 5.12. The molecule has 0 saturated carbocycles. The number of halogens is 1. The van der Waals surface area contributed by atoms with E-state index in [0.29, 0.717) is 18.7 Å². The molecule has 8 nitrogen and oxygen atoms in total. The quantitative estimate of drug-likeness (QED) is 0.392. The first-order valence-electron chi connectivity index (χ1n) is 11.3. The van der Waals surface area contributed by atoms with Gasteiger partial charge in [0.1, 0.15) is 22.4 Å². The minimum Gasteiger partial charge on any atom is -0.494 e. The number of anilines is 1. The molecule has 10 heteroatoms. The number of methoxy groups -OCH3 is 1. The number of amides is 1. The maximum absolute atomic E-state index is 12.5. The van der Waals surface area contributed by atoms with E-state index >= 15 is 0 Å². The second kappa shape index (κ2) is 10.6. The lowest BCUT2D eigenvalue weighted by molar-refractivity contribution is 0.0944. The first-order chi connectivity index (χ1) is 16.5. The molecule has 0 aliphatic carbocycles. The van der Waals surface area contributed by atoms with E-state index < -0.39 is 11.5 Å². The summed E-state index contributed by atoms with van der Waals surface area (Å²) in [7, 11) is 1.67. The van der Waals surface area contributed by atoms with E-state index in [1.165, 1.54) is 5.56 Å². The Hall–Kier alpha value is -3.14. The van der Waals surface area contributed by atoms with E-state index in [9.17, 15) is 9.59 Å². The van der Waals surface area contributed by atoms with Gasteiger partial charge in [0.05, 0.1) is 11.8 Å². The highest BCUT2D eigenvalue weighted by Gasteiger charge is 2.21. The SMILES string of the molecule is COc1ccc(C)c2sc(N3CCN(CCNC(=O)c4cc5ccccc5oc4=O)CC3)nc12.Cl. The van der Waals surface area contributed by atoms with Crippen molar-refractivity contribution in [3.8, 4) is 5.75 Å². The molecule has 2 aromatic carbocycles. The first-order valence-corrected chi connectivity index (χ1v) is 12.1. The highest BCUT2D eigenvalue weighted by atomic mass is 35.5. The number of carbonyl (C=O) groups is 1. The molecule has 3 heterocycles. The van der Waals surface area contributed by atoms with E-state index in [4.69, 9.17) is 14.1 Å². The Morgan fingerprint density at radius 3 is 2.71 bits per heavy atom. The number of piperazine rings is 1. The molecule has 0 atom stereocenters. The molecule has 0 bridgehead atoms. The van der Waals surface area contributed by atoms with Crippen LogP contribution in [0.4, 0.5) is 5.13 Å². The van der Waals surface area contributed by atoms with Gasteiger partial charge in [0, 0.05) is 44.7 Å². The molecule has 5 rings (SSSR count). The Kier molecular flexibility index (Phi) is 7.59. The number of aromatic nitrogens is 1. The number of nitrogens with zero attached hydrogens (tertiary/aromatic N) is 3. The van der Waals surface area contributed by atoms with Crippen LogP contribution in [0.3, 0.4) is 0 Å². The molecule has 0 radical (unpaired) electrons. The maximum atomic E-state index is 12.5. The van der Waals surface area contributed by atoms with Crippen molar-refractivity contribution in [2.45, 2.75) is 6.92 Å². The van der Waals surface area contributed by atoms with Gasteiger partial charge in [-0.2, -0.15) is 0 Å². The molecule has 0 unspecified atom stereocenters. The van der Waals surface area contributed by atoms with Crippen LogP contribution in [-0.2, 0) is 0 Å². The minimum absolute atomic E-state index is 0. The van der Waals surface area contributed by atoms with Crippen molar-refractivity contribution in [1.82, 2.24) is 15.2 Å². The molecule has 184 valence electrons. The number of carbonyl (C=O) groups excluding carboxylic acids is 1. The molecule has 1 aliphatic heterocycles. The molecule has 35 heavy (non-hydrogen) atoms. The fraction of sp³-hybridized carbons (Fsp3) is 0.320. The van der Waals surface area contributed by atoms with Crippen molar-refractivity contribution in [2.24, 2.45) is 0 Å². The average Bonchev–Trinajstić information content (AvgIpc) is 3.31. The molecule has 4 aromatic rings. The lowest BCUT2D eigenvalue weighted by atomic mass is 10.2. The average molecular weight is 515 g/mol. The van der Waals surface area contributed by atoms with Gasteiger partial charge in [-0.3, -0.25) is 9.69 Å². The van der Waals surface area contributed by atoms with Crippen LogP contribution in [0.1, 0.15) is 15.9 Å². The number of para-hydroxylation sites is 1. The van der Waals surface area contributed by atoms with Crippen molar-refractivity contribution in [3.05, 3.63) is 64.0 Å². The standard InChI is InChI=1S/C25H26N4O4S.ClH/c1-16-7-8-20(32-2)21-22(16)34-25(27-21)29-13-11-28(12-14-29)10-9-26-23(30)18-15-17-5-3-4-6-19(17)33-24(18)31;/h3-8,15H,9-14H2,1-2H3,(H,26,30);1H. The molecule has 1 saturated heterocycles. The number of nitrogens with one attached hydrogen (secondary N) is 1. The largest absolute Gasteiger partial charge is 0.494 e. The minimum atomic E-state index is -0.618.